The fourth-order valence-corrected chi connectivity index (χ4v) is 3.64. The molecule has 0 spiro atoms. The van der Waals surface area contributed by atoms with Crippen LogP contribution < -0.4 is 10.6 Å². The highest BCUT2D eigenvalue weighted by Gasteiger charge is 2.27. The maximum atomic E-state index is 12.3. The van der Waals surface area contributed by atoms with Crippen molar-refractivity contribution in [3.8, 4) is 0 Å². The van der Waals surface area contributed by atoms with Crippen molar-refractivity contribution in [2.24, 2.45) is 5.92 Å². The predicted octanol–water partition coefficient (Wildman–Crippen LogP) is 1.58. The molecule has 1 aliphatic heterocycles. The van der Waals surface area contributed by atoms with E-state index >= 15 is 0 Å². The molecular formula is C20H30N4O5. The smallest absolute Gasteiger partial charge is 0.270 e. The lowest BCUT2D eigenvalue weighted by Crippen LogP contribution is -2.52. The van der Waals surface area contributed by atoms with Crippen molar-refractivity contribution in [2.45, 2.75) is 32.7 Å². The Morgan fingerprint density at radius 2 is 1.90 bits per heavy atom. The van der Waals surface area contributed by atoms with Crippen molar-refractivity contribution in [1.82, 2.24) is 15.5 Å². The van der Waals surface area contributed by atoms with Crippen molar-refractivity contribution >= 4 is 17.5 Å². The molecule has 160 valence electrons. The molecule has 1 fully saturated rings. The first kappa shape index (κ1) is 22.8. The number of hydrogen-bond donors (Lipinski definition) is 2. The monoisotopic (exact) mass is 406 g/mol. The summed E-state index contributed by atoms with van der Waals surface area (Å²) in [5.74, 6) is -0.338. The average molecular weight is 406 g/mol. The van der Waals surface area contributed by atoms with E-state index in [1.165, 1.54) is 24.3 Å². The fourth-order valence-electron chi connectivity index (χ4n) is 3.64. The Labute approximate surface area is 170 Å². The highest BCUT2D eigenvalue weighted by molar-refractivity contribution is 5.96. The lowest BCUT2D eigenvalue weighted by atomic mass is 9.92. The maximum absolute atomic E-state index is 12.3. The van der Waals surface area contributed by atoms with Crippen molar-refractivity contribution in [3.05, 3.63) is 39.9 Å². The van der Waals surface area contributed by atoms with E-state index in [0.717, 1.165) is 25.9 Å². The van der Waals surface area contributed by atoms with Crippen LogP contribution in [0.4, 0.5) is 5.69 Å². The topological polar surface area (TPSA) is 114 Å². The molecule has 0 saturated carbocycles. The molecular weight excluding hydrogens is 376 g/mol. The number of amides is 2. The summed E-state index contributed by atoms with van der Waals surface area (Å²) < 4.78 is 5.43. The second-order valence-corrected chi connectivity index (χ2v) is 7.09. The van der Waals surface area contributed by atoms with Crippen molar-refractivity contribution < 1.29 is 19.2 Å². The molecule has 9 heteroatoms. The molecule has 0 bridgehead atoms. The van der Waals surface area contributed by atoms with E-state index in [1.807, 2.05) is 0 Å². The third-order valence-corrected chi connectivity index (χ3v) is 5.34. The standard InChI is InChI=1S/C20H30N4O5/c1-3-15(4-2)18(23-8-10-29-11-9-23)13-21-19(25)14-22-20(26)16-6-5-7-17(12-16)24(27)28/h5-7,12,15,18H,3-4,8-11,13-14H2,1-2H3,(H,21,25)(H,22,26). The van der Waals surface area contributed by atoms with Crippen LogP contribution in [-0.4, -0.2) is 67.1 Å². The van der Waals surface area contributed by atoms with Gasteiger partial charge in [0.05, 0.1) is 24.7 Å². The van der Waals surface area contributed by atoms with E-state index in [0.29, 0.717) is 25.7 Å². The van der Waals surface area contributed by atoms with Gasteiger partial charge in [0.2, 0.25) is 5.91 Å². The highest BCUT2D eigenvalue weighted by Crippen LogP contribution is 2.19. The average Bonchev–Trinajstić information content (AvgIpc) is 2.75. The van der Waals surface area contributed by atoms with E-state index in [9.17, 15) is 19.7 Å². The van der Waals surface area contributed by atoms with Gasteiger partial charge in [0.1, 0.15) is 0 Å². The van der Waals surface area contributed by atoms with Crippen LogP contribution in [0.15, 0.2) is 24.3 Å². The van der Waals surface area contributed by atoms with Gasteiger partial charge in [0.25, 0.3) is 11.6 Å². The Hall–Kier alpha value is -2.52. The van der Waals surface area contributed by atoms with Gasteiger partial charge < -0.3 is 15.4 Å². The normalized spacial score (nSPS) is 15.7. The summed E-state index contributed by atoms with van der Waals surface area (Å²) in [4.78, 5) is 37.1. The molecule has 1 unspecified atom stereocenters. The first-order valence-electron chi connectivity index (χ1n) is 10.1. The van der Waals surface area contributed by atoms with Crippen molar-refractivity contribution in [2.75, 3.05) is 39.4 Å². The molecule has 0 radical (unpaired) electrons. The van der Waals surface area contributed by atoms with E-state index < -0.39 is 10.8 Å². The van der Waals surface area contributed by atoms with Gasteiger partial charge in [-0.2, -0.15) is 0 Å². The zero-order valence-electron chi connectivity index (χ0n) is 17.1. The van der Waals surface area contributed by atoms with E-state index in [4.69, 9.17) is 4.74 Å². The Morgan fingerprint density at radius 1 is 1.21 bits per heavy atom. The number of nitro groups is 1. The Kier molecular flexibility index (Phi) is 9.01. The van der Waals surface area contributed by atoms with Crippen molar-refractivity contribution in [3.63, 3.8) is 0 Å². The number of hydrogen-bond acceptors (Lipinski definition) is 6. The molecule has 2 rings (SSSR count). The Bertz CT molecular complexity index is 702. The molecule has 1 aromatic carbocycles. The Balaban J connectivity index is 1.87. The molecule has 1 heterocycles. The number of nitro benzene ring substituents is 1. The molecule has 1 aliphatic rings. The zero-order chi connectivity index (χ0) is 21.2. The van der Waals surface area contributed by atoms with Crippen LogP contribution in [0.25, 0.3) is 0 Å². The molecule has 2 amide bonds. The lowest BCUT2D eigenvalue weighted by molar-refractivity contribution is -0.384. The SMILES string of the molecule is CCC(CC)C(CNC(=O)CNC(=O)c1cccc([N+](=O)[O-])c1)N1CCOCC1. The number of carbonyl (C=O) groups is 2. The van der Waals surface area contributed by atoms with Crippen LogP contribution in [0, 0.1) is 16.0 Å². The predicted molar refractivity (Wildman–Crippen MR) is 109 cm³/mol. The summed E-state index contributed by atoms with van der Waals surface area (Å²) in [5, 5.41) is 16.3. The first-order valence-corrected chi connectivity index (χ1v) is 10.1. The van der Waals surface area contributed by atoms with E-state index in [1.54, 1.807) is 0 Å². The highest BCUT2D eigenvalue weighted by atomic mass is 16.6. The van der Waals surface area contributed by atoms with Gasteiger partial charge in [-0.15, -0.1) is 0 Å². The summed E-state index contributed by atoms with van der Waals surface area (Å²) >= 11 is 0. The van der Waals surface area contributed by atoms with Crippen LogP contribution >= 0.6 is 0 Å². The minimum atomic E-state index is -0.562. The zero-order valence-corrected chi connectivity index (χ0v) is 17.1. The van der Waals surface area contributed by atoms with Crippen LogP contribution in [0.3, 0.4) is 0 Å². The summed E-state index contributed by atoms with van der Waals surface area (Å²) in [6.07, 6.45) is 2.05. The third kappa shape index (κ3) is 6.79. The number of carbonyl (C=O) groups excluding carboxylic acids is 2. The third-order valence-electron chi connectivity index (χ3n) is 5.34. The van der Waals surface area contributed by atoms with Crippen molar-refractivity contribution in [1.29, 1.82) is 0 Å². The number of nitrogens with zero attached hydrogens (tertiary/aromatic N) is 2. The number of morpholine rings is 1. The number of rotatable bonds is 10. The quantitative estimate of drug-likeness (QED) is 0.450. The molecule has 1 saturated heterocycles. The van der Waals surface area contributed by atoms with Crippen LogP contribution in [0.5, 0.6) is 0 Å². The van der Waals surface area contributed by atoms with Gasteiger partial charge in [-0.25, -0.2) is 0 Å². The molecule has 0 aliphatic carbocycles. The second kappa shape index (κ2) is 11.5. The maximum Gasteiger partial charge on any atom is 0.270 e. The lowest BCUT2D eigenvalue weighted by Gasteiger charge is -2.38. The van der Waals surface area contributed by atoms with Gasteiger partial charge in [-0.3, -0.25) is 24.6 Å². The molecule has 29 heavy (non-hydrogen) atoms. The van der Waals surface area contributed by atoms with E-state index in [-0.39, 0.29) is 29.7 Å². The second-order valence-electron chi connectivity index (χ2n) is 7.09. The summed E-state index contributed by atoms with van der Waals surface area (Å²) in [6, 6.07) is 5.64. The number of benzene rings is 1. The van der Waals surface area contributed by atoms with E-state index in [2.05, 4.69) is 29.4 Å². The minimum Gasteiger partial charge on any atom is -0.379 e. The molecule has 9 nitrogen and oxygen atoms in total. The van der Waals surface area contributed by atoms with Gasteiger partial charge >= 0.3 is 0 Å². The van der Waals surface area contributed by atoms with Gasteiger partial charge in [0.15, 0.2) is 0 Å². The molecule has 0 aromatic heterocycles. The van der Waals surface area contributed by atoms with Gasteiger partial charge in [0, 0.05) is 43.4 Å². The van der Waals surface area contributed by atoms with Gasteiger partial charge in [-0.05, 0) is 12.0 Å². The Morgan fingerprint density at radius 3 is 2.52 bits per heavy atom. The molecule has 1 aromatic rings. The van der Waals surface area contributed by atoms with Crippen LogP contribution in [0.1, 0.15) is 37.0 Å². The van der Waals surface area contributed by atoms with Crippen LogP contribution in [0.2, 0.25) is 0 Å². The molecule has 2 N–H and O–H groups in total. The summed E-state index contributed by atoms with van der Waals surface area (Å²) in [6.45, 7) is 7.73. The largest absolute Gasteiger partial charge is 0.379 e. The fraction of sp³-hybridized carbons (Fsp3) is 0.600. The number of non-ortho nitro benzene ring substituents is 1. The molecule has 1 atom stereocenters. The summed E-state index contributed by atoms with van der Waals surface area (Å²) in [5.41, 5.74) is -0.0177. The van der Waals surface area contributed by atoms with Gasteiger partial charge in [-0.1, -0.05) is 32.8 Å². The first-order chi connectivity index (χ1) is 14.0. The van der Waals surface area contributed by atoms with Crippen LogP contribution in [-0.2, 0) is 9.53 Å². The minimum absolute atomic E-state index is 0.148. The summed E-state index contributed by atoms with van der Waals surface area (Å²) in [7, 11) is 0. The number of ether oxygens (including phenoxy) is 1. The number of nitrogens with one attached hydrogen (secondary N) is 2.